The predicted molar refractivity (Wildman–Crippen MR) is 102 cm³/mol. The number of anilines is 1. The van der Waals surface area contributed by atoms with Gasteiger partial charge in [0.15, 0.2) is 0 Å². The van der Waals surface area contributed by atoms with Crippen molar-refractivity contribution in [3.8, 4) is 0 Å². The summed E-state index contributed by atoms with van der Waals surface area (Å²) in [6.07, 6.45) is 2.22. The Morgan fingerprint density at radius 1 is 1.35 bits per heavy atom. The number of thiophene rings is 1. The molecule has 5 nitrogen and oxygen atoms in total. The number of amidine groups is 1. The highest BCUT2D eigenvalue weighted by atomic mass is 32.1. The Morgan fingerprint density at radius 3 is 2.81 bits per heavy atom. The minimum Gasteiger partial charge on any atom is -0.383 e. The number of nitrogens with zero attached hydrogens (tertiary/aromatic N) is 2. The van der Waals surface area contributed by atoms with Gasteiger partial charge in [-0.05, 0) is 30.7 Å². The Hall–Kier alpha value is -2.41. The molecule has 26 heavy (non-hydrogen) atoms. The summed E-state index contributed by atoms with van der Waals surface area (Å²) in [6, 6.07) is 8.78. The molecule has 3 N–H and O–H groups in total. The standard InChI is InChI=1S/C19H21FN4OS/c1-2-12-6-7-15(26-12)18(25)24-10-8-19(9-11-24)22-14-5-3-4-13(20)16(14)17(21)23-19/h3-7,22H,2,8-11H2,1H3,(H2,21,23). The number of aryl methyl sites for hydroxylation is 1. The van der Waals surface area contributed by atoms with Gasteiger partial charge in [-0.3, -0.25) is 4.79 Å². The van der Waals surface area contributed by atoms with Crippen LogP contribution >= 0.6 is 11.3 Å². The molecule has 7 heteroatoms. The largest absolute Gasteiger partial charge is 0.383 e. The van der Waals surface area contributed by atoms with Crippen LogP contribution < -0.4 is 11.1 Å². The number of likely N-dealkylation sites (tertiary alicyclic amines) is 1. The third-order valence-electron chi connectivity index (χ3n) is 5.07. The lowest BCUT2D eigenvalue weighted by Crippen LogP contribution is -2.52. The van der Waals surface area contributed by atoms with E-state index in [2.05, 4.69) is 17.2 Å². The Morgan fingerprint density at radius 2 is 2.12 bits per heavy atom. The lowest BCUT2D eigenvalue weighted by atomic mass is 9.93. The zero-order chi connectivity index (χ0) is 18.3. The number of hydrogen-bond donors (Lipinski definition) is 2. The highest BCUT2D eigenvalue weighted by molar-refractivity contribution is 7.14. The molecule has 1 amide bonds. The van der Waals surface area contributed by atoms with E-state index in [9.17, 15) is 9.18 Å². The monoisotopic (exact) mass is 372 g/mol. The summed E-state index contributed by atoms with van der Waals surface area (Å²) >= 11 is 1.56. The molecule has 1 fully saturated rings. The van der Waals surface area contributed by atoms with Crippen LogP contribution in [-0.2, 0) is 6.42 Å². The molecule has 2 aliphatic heterocycles. The summed E-state index contributed by atoms with van der Waals surface area (Å²) in [4.78, 5) is 21.1. The van der Waals surface area contributed by atoms with Gasteiger partial charge in [0.2, 0.25) is 0 Å². The van der Waals surface area contributed by atoms with E-state index < -0.39 is 5.66 Å². The van der Waals surface area contributed by atoms with Gasteiger partial charge < -0.3 is 16.0 Å². The first-order valence-corrected chi connectivity index (χ1v) is 9.63. The molecule has 0 saturated carbocycles. The van der Waals surface area contributed by atoms with Crippen molar-refractivity contribution < 1.29 is 9.18 Å². The van der Waals surface area contributed by atoms with E-state index in [-0.39, 0.29) is 17.6 Å². The molecule has 1 aromatic heterocycles. The number of nitrogens with two attached hydrogens (primary N) is 1. The highest BCUT2D eigenvalue weighted by Crippen LogP contribution is 2.35. The fourth-order valence-electron chi connectivity index (χ4n) is 3.61. The van der Waals surface area contributed by atoms with E-state index in [1.54, 1.807) is 17.4 Å². The van der Waals surface area contributed by atoms with E-state index in [4.69, 9.17) is 5.73 Å². The van der Waals surface area contributed by atoms with Gasteiger partial charge in [-0.2, -0.15) is 0 Å². The van der Waals surface area contributed by atoms with Gasteiger partial charge in [0.1, 0.15) is 17.3 Å². The number of aliphatic imine (C=N–C) groups is 1. The summed E-state index contributed by atoms with van der Waals surface area (Å²) in [5.74, 6) is -0.0747. The number of amides is 1. The molecule has 136 valence electrons. The number of hydrogen-bond acceptors (Lipinski definition) is 5. The minimum atomic E-state index is -0.564. The van der Waals surface area contributed by atoms with Crippen molar-refractivity contribution in [2.24, 2.45) is 10.7 Å². The maximum Gasteiger partial charge on any atom is 0.263 e. The first kappa shape index (κ1) is 17.0. The SMILES string of the molecule is CCc1ccc(C(=O)N2CCC3(CC2)N=C(N)c2c(F)cccc2N3)s1. The van der Waals surface area contributed by atoms with Crippen LogP contribution in [0.25, 0.3) is 0 Å². The molecule has 0 aliphatic carbocycles. The van der Waals surface area contributed by atoms with Crippen LogP contribution in [0.4, 0.5) is 10.1 Å². The van der Waals surface area contributed by atoms with Crippen LogP contribution in [0.5, 0.6) is 0 Å². The van der Waals surface area contributed by atoms with E-state index in [0.717, 1.165) is 11.3 Å². The van der Waals surface area contributed by atoms with Crippen molar-refractivity contribution in [1.82, 2.24) is 4.90 Å². The average Bonchev–Trinajstić information content (AvgIpc) is 3.10. The number of benzene rings is 1. The number of nitrogens with one attached hydrogen (secondary N) is 1. The second kappa shape index (κ2) is 6.39. The molecular weight excluding hydrogens is 351 g/mol. The molecule has 2 aliphatic rings. The maximum absolute atomic E-state index is 14.0. The molecule has 0 bridgehead atoms. The van der Waals surface area contributed by atoms with E-state index >= 15 is 0 Å². The van der Waals surface area contributed by atoms with Crippen molar-refractivity contribution in [1.29, 1.82) is 0 Å². The summed E-state index contributed by atoms with van der Waals surface area (Å²) in [5.41, 5.74) is 6.49. The van der Waals surface area contributed by atoms with Gasteiger partial charge in [-0.1, -0.05) is 13.0 Å². The number of halogens is 1. The predicted octanol–water partition coefficient (Wildman–Crippen LogP) is 3.21. The Balaban J connectivity index is 1.50. The van der Waals surface area contributed by atoms with Crippen LogP contribution in [0.3, 0.4) is 0 Å². The van der Waals surface area contributed by atoms with Crippen LogP contribution in [0.15, 0.2) is 35.3 Å². The average molecular weight is 372 g/mol. The number of carbonyl (C=O) groups is 1. The van der Waals surface area contributed by atoms with Crippen molar-refractivity contribution in [3.05, 3.63) is 51.5 Å². The first-order valence-electron chi connectivity index (χ1n) is 8.82. The van der Waals surface area contributed by atoms with Gasteiger partial charge in [-0.15, -0.1) is 11.3 Å². The summed E-state index contributed by atoms with van der Waals surface area (Å²) in [6.45, 7) is 3.27. The number of fused-ring (bicyclic) bond motifs is 1. The van der Waals surface area contributed by atoms with Gasteiger partial charge in [0.25, 0.3) is 5.91 Å². The third-order valence-corrected chi connectivity index (χ3v) is 6.29. The fourth-order valence-corrected chi connectivity index (χ4v) is 4.52. The normalized spacial score (nSPS) is 18.2. The van der Waals surface area contributed by atoms with Gasteiger partial charge in [-0.25, -0.2) is 9.38 Å². The van der Waals surface area contributed by atoms with Crippen molar-refractivity contribution >= 4 is 28.8 Å². The van der Waals surface area contributed by atoms with Crippen molar-refractivity contribution in [2.75, 3.05) is 18.4 Å². The lowest BCUT2D eigenvalue weighted by Gasteiger charge is -2.42. The molecule has 2 aromatic rings. The van der Waals surface area contributed by atoms with E-state index in [1.807, 2.05) is 23.1 Å². The molecule has 1 spiro atoms. The molecule has 0 unspecified atom stereocenters. The van der Waals surface area contributed by atoms with Crippen LogP contribution in [0.1, 0.15) is 39.9 Å². The van der Waals surface area contributed by atoms with Crippen LogP contribution in [-0.4, -0.2) is 35.4 Å². The highest BCUT2D eigenvalue weighted by Gasteiger charge is 2.39. The molecule has 4 rings (SSSR count). The van der Waals surface area contributed by atoms with E-state index in [0.29, 0.717) is 37.2 Å². The third kappa shape index (κ3) is 2.86. The molecule has 1 saturated heterocycles. The summed E-state index contributed by atoms with van der Waals surface area (Å²) < 4.78 is 14.0. The molecule has 0 atom stereocenters. The lowest BCUT2D eigenvalue weighted by molar-refractivity contribution is 0.0690. The fraction of sp³-hybridized carbons (Fsp3) is 0.368. The molecule has 3 heterocycles. The zero-order valence-electron chi connectivity index (χ0n) is 14.6. The molecule has 0 radical (unpaired) electrons. The topological polar surface area (TPSA) is 70.7 Å². The number of piperidine rings is 1. The Kier molecular flexibility index (Phi) is 4.19. The Bertz CT molecular complexity index is 883. The van der Waals surface area contributed by atoms with Crippen molar-refractivity contribution in [2.45, 2.75) is 31.8 Å². The molecule has 1 aromatic carbocycles. The summed E-state index contributed by atoms with van der Waals surface area (Å²) in [7, 11) is 0. The van der Waals surface area contributed by atoms with Gasteiger partial charge in [0.05, 0.1) is 10.4 Å². The molecular formula is C19H21FN4OS. The van der Waals surface area contributed by atoms with Gasteiger partial charge in [0, 0.05) is 36.5 Å². The second-order valence-electron chi connectivity index (χ2n) is 6.73. The number of rotatable bonds is 2. The second-order valence-corrected chi connectivity index (χ2v) is 7.90. The van der Waals surface area contributed by atoms with Crippen molar-refractivity contribution in [3.63, 3.8) is 0 Å². The minimum absolute atomic E-state index is 0.0729. The van der Waals surface area contributed by atoms with Crippen LogP contribution in [0, 0.1) is 5.82 Å². The zero-order valence-corrected chi connectivity index (χ0v) is 15.4. The smallest absolute Gasteiger partial charge is 0.263 e. The summed E-state index contributed by atoms with van der Waals surface area (Å²) in [5, 5.41) is 3.35. The quantitative estimate of drug-likeness (QED) is 0.850. The Labute approximate surface area is 155 Å². The number of carbonyl (C=O) groups excluding carboxylic acids is 1. The maximum atomic E-state index is 14.0. The first-order chi connectivity index (χ1) is 12.5. The van der Waals surface area contributed by atoms with Gasteiger partial charge >= 0.3 is 0 Å². The van der Waals surface area contributed by atoms with E-state index in [1.165, 1.54) is 10.9 Å². The van der Waals surface area contributed by atoms with Crippen LogP contribution in [0.2, 0.25) is 0 Å².